The molecule has 7 heteroatoms. The maximum atomic E-state index is 13.1. The van der Waals surface area contributed by atoms with Crippen molar-refractivity contribution in [1.82, 2.24) is 9.55 Å². The summed E-state index contributed by atoms with van der Waals surface area (Å²) in [6, 6.07) is 14.1. The molecule has 1 saturated carbocycles. The molecule has 0 N–H and O–H groups in total. The van der Waals surface area contributed by atoms with Gasteiger partial charge < -0.3 is 18.6 Å². The van der Waals surface area contributed by atoms with Crippen molar-refractivity contribution in [3.8, 4) is 11.8 Å². The first-order valence-corrected chi connectivity index (χ1v) is 12.2. The summed E-state index contributed by atoms with van der Waals surface area (Å²) in [7, 11) is 1.72. The van der Waals surface area contributed by atoms with Crippen LogP contribution in [0.4, 0.5) is 5.69 Å². The molecule has 2 fully saturated rings. The molecule has 7 nitrogen and oxygen atoms in total. The van der Waals surface area contributed by atoms with Crippen LogP contribution in [0.2, 0.25) is 0 Å². The maximum Gasteiger partial charge on any atom is 0.270 e. The summed E-state index contributed by atoms with van der Waals surface area (Å²) in [6.07, 6.45) is 4.04. The van der Waals surface area contributed by atoms with E-state index in [4.69, 9.17) is 14.1 Å². The lowest BCUT2D eigenvalue weighted by Gasteiger charge is -2.39. The van der Waals surface area contributed by atoms with E-state index in [1.807, 2.05) is 36.4 Å². The van der Waals surface area contributed by atoms with Crippen LogP contribution < -0.4 is 15.2 Å². The van der Waals surface area contributed by atoms with Gasteiger partial charge in [0, 0.05) is 37.0 Å². The lowest BCUT2D eigenvalue weighted by molar-refractivity contribution is 0.292. The molecule has 0 bridgehead atoms. The highest BCUT2D eigenvalue weighted by Gasteiger charge is 2.37. The number of hydrogen-bond donors (Lipinski definition) is 0. The quantitative estimate of drug-likeness (QED) is 0.421. The fraction of sp³-hybridized carbons (Fsp3) is 0.393. The summed E-state index contributed by atoms with van der Waals surface area (Å²) < 4.78 is 13.7. The van der Waals surface area contributed by atoms with Crippen molar-refractivity contribution < 1.29 is 9.15 Å². The Hall–Kier alpha value is -3.79. The Bertz CT molecular complexity index is 1560. The molecule has 1 aliphatic carbocycles. The minimum absolute atomic E-state index is 0.191. The van der Waals surface area contributed by atoms with E-state index in [2.05, 4.69) is 24.8 Å². The lowest BCUT2D eigenvalue weighted by atomic mass is 9.80. The zero-order valence-corrected chi connectivity index (χ0v) is 20.3. The highest BCUT2D eigenvalue weighted by molar-refractivity contribution is 5.95. The summed E-state index contributed by atoms with van der Waals surface area (Å²) in [5.74, 6) is 1.53. The van der Waals surface area contributed by atoms with E-state index in [0.717, 1.165) is 70.6 Å². The molecule has 4 aromatic rings. The molecule has 0 amide bonds. The van der Waals surface area contributed by atoms with Gasteiger partial charge in [0.25, 0.3) is 5.56 Å². The molecular formula is C28H28N4O3. The zero-order valence-electron chi connectivity index (χ0n) is 20.3. The van der Waals surface area contributed by atoms with Crippen LogP contribution in [0, 0.1) is 18.3 Å². The largest absolute Gasteiger partial charge is 0.490 e. The van der Waals surface area contributed by atoms with E-state index in [9.17, 15) is 10.1 Å². The van der Waals surface area contributed by atoms with E-state index in [1.54, 1.807) is 11.6 Å². The van der Waals surface area contributed by atoms with Gasteiger partial charge >= 0.3 is 0 Å². The first-order valence-electron chi connectivity index (χ1n) is 12.2. The molecule has 178 valence electrons. The molecular weight excluding hydrogens is 440 g/mol. The fourth-order valence-corrected chi connectivity index (χ4v) is 5.12. The molecule has 1 aliphatic heterocycles. The van der Waals surface area contributed by atoms with Crippen molar-refractivity contribution >= 4 is 27.7 Å². The van der Waals surface area contributed by atoms with Crippen LogP contribution in [-0.4, -0.2) is 28.7 Å². The van der Waals surface area contributed by atoms with Crippen LogP contribution in [0.1, 0.15) is 49.6 Å². The third-order valence-corrected chi connectivity index (χ3v) is 7.52. The molecule has 0 atom stereocenters. The van der Waals surface area contributed by atoms with E-state index >= 15 is 0 Å². The number of pyridine rings is 1. The summed E-state index contributed by atoms with van der Waals surface area (Å²) in [6.45, 7) is 5.64. The lowest BCUT2D eigenvalue weighted by Crippen LogP contribution is -2.42. The average molecular weight is 469 g/mol. The van der Waals surface area contributed by atoms with Gasteiger partial charge in [-0.3, -0.25) is 4.79 Å². The summed E-state index contributed by atoms with van der Waals surface area (Å²) in [5.41, 5.74) is 4.06. The molecule has 0 radical (unpaired) electrons. The number of ether oxygens (including phenoxy) is 1. The number of piperidine rings is 1. The van der Waals surface area contributed by atoms with Gasteiger partial charge in [0.2, 0.25) is 5.89 Å². The van der Waals surface area contributed by atoms with Crippen molar-refractivity contribution in [2.75, 3.05) is 18.0 Å². The number of aromatic nitrogens is 2. The Morgan fingerprint density at radius 3 is 2.66 bits per heavy atom. The van der Waals surface area contributed by atoms with Gasteiger partial charge in [0.1, 0.15) is 22.9 Å². The summed E-state index contributed by atoms with van der Waals surface area (Å²) >= 11 is 0. The van der Waals surface area contributed by atoms with Crippen molar-refractivity contribution in [2.45, 2.75) is 51.0 Å². The predicted octanol–water partition coefficient (Wildman–Crippen LogP) is 4.96. The molecule has 2 aromatic heterocycles. The van der Waals surface area contributed by atoms with Gasteiger partial charge in [-0.05, 0) is 62.4 Å². The number of oxazole rings is 1. The van der Waals surface area contributed by atoms with E-state index in [-0.39, 0.29) is 22.6 Å². The number of benzene rings is 2. The molecule has 2 aromatic carbocycles. The van der Waals surface area contributed by atoms with E-state index < -0.39 is 0 Å². The Morgan fingerprint density at radius 1 is 1.17 bits per heavy atom. The normalized spacial score (nSPS) is 17.6. The minimum atomic E-state index is -0.277. The van der Waals surface area contributed by atoms with Crippen molar-refractivity contribution in [3.05, 3.63) is 63.8 Å². The Balaban J connectivity index is 1.35. The molecule has 0 unspecified atom stereocenters. The van der Waals surface area contributed by atoms with Crippen LogP contribution in [0.3, 0.4) is 0 Å². The number of fused-ring (bicyclic) bond motifs is 2. The van der Waals surface area contributed by atoms with Gasteiger partial charge in [-0.25, -0.2) is 4.98 Å². The molecule has 0 spiro atoms. The average Bonchev–Trinajstić information content (AvgIpc) is 3.56. The Labute approximate surface area is 203 Å². The number of hydrogen-bond acceptors (Lipinski definition) is 6. The number of anilines is 1. The van der Waals surface area contributed by atoms with Crippen molar-refractivity contribution in [3.63, 3.8) is 0 Å². The third-order valence-electron chi connectivity index (χ3n) is 7.52. The molecule has 35 heavy (non-hydrogen) atoms. The third kappa shape index (κ3) is 3.65. The number of nitrogens with zero attached hydrogens (tertiary/aromatic N) is 4. The Kier molecular flexibility index (Phi) is 4.89. The van der Waals surface area contributed by atoms with Crippen molar-refractivity contribution in [1.29, 1.82) is 5.26 Å². The van der Waals surface area contributed by atoms with Gasteiger partial charge in [-0.1, -0.05) is 13.0 Å². The minimum Gasteiger partial charge on any atom is -0.490 e. The first kappa shape index (κ1) is 21.7. The first-order chi connectivity index (χ1) is 16.9. The highest BCUT2D eigenvalue weighted by Crippen LogP contribution is 2.40. The predicted molar refractivity (Wildman–Crippen MR) is 135 cm³/mol. The fourth-order valence-electron chi connectivity index (χ4n) is 5.12. The van der Waals surface area contributed by atoms with Crippen LogP contribution in [-0.2, 0) is 12.5 Å². The molecule has 1 saturated heterocycles. The van der Waals surface area contributed by atoms with E-state index in [0.29, 0.717) is 13.1 Å². The van der Waals surface area contributed by atoms with Crippen LogP contribution in [0.15, 0.2) is 45.6 Å². The monoisotopic (exact) mass is 468 g/mol. The van der Waals surface area contributed by atoms with Gasteiger partial charge in [-0.15, -0.1) is 0 Å². The second kappa shape index (κ2) is 7.88. The standard InChI is InChI=1S/C28H28N4O3/c1-17-4-9-24-22(14-17)30-27(35-24)28(2)10-12-32(13-11-28)25-20-8-7-19(34-18-5-6-18)15-23(20)31(3)26(33)21(25)16-29/h4,7-9,14-15,18H,5-6,10-13H2,1-3H3. The van der Waals surface area contributed by atoms with Crippen molar-refractivity contribution in [2.24, 2.45) is 7.05 Å². The Morgan fingerprint density at radius 2 is 1.94 bits per heavy atom. The van der Waals surface area contributed by atoms with Gasteiger partial charge in [-0.2, -0.15) is 5.26 Å². The second-order valence-electron chi connectivity index (χ2n) is 10.2. The van der Waals surface area contributed by atoms with Crippen LogP contribution >= 0.6 is 0 Å². The van der Waals surface area contributed by atoms with Gasteiger partial charge in [0.15, 0.2) is 5.58 Å². The smallest absolute Gasteiger partial charge is 0.270 e. The highest BCUT2D eigenvalue weighted by atomic mass is 16.5. The zero-order chi connectivity index (χ0) is 24.3. The van der Waals surface area contributed by atoms with Crippen LogP contribution in [0.25, 0.3) is 22.0 Å². The second-order valence-corrected chi connectivity index (χ2v) is 10.2. The molecule has 6 rings (SSSR count). The number of nitriles is 1. The summed E-state index contributed by atoms with van der Waals surface area (Å²) in [5, 5.41) is 10.8. The maximum absolute atomic E-state index is 13.1. The topological polar surface area (TPSA) is 84.3 Å². The SMILES string of the molecule is Cc1ccc2oc(C3(C)CCN(c4c(C#N)c(=O)n(C)c5cc(OC6CC6)ccc45)CC3)nc2c1. The van der Waals surface area contributed by atoms with Gasteiger partial charge in [0.05, 0.1) is 17.3 Å². The summed E-state index contributed by atoms with van der Waals surface area (Å²) in [4.78, 5) is 20.1. The number of aryl methyl sites for hydroxylation is 2. The van der Waals surface area contributed by atoms with Crippen LogP contribution in [0.5, 0.6) is 5.75 Å². The van der Waals surface area contributed by atoms with E-state index in [1.165, 1.54) is 0 Å². The molecule has 2 aliphatic rings. The number of rotatable bonds is 4. The molecule has 3 heterocycles.